The Bertz CT molecular complexity index is 898. The highest BCUT2D eigenvalue weighted by Crippen LogP contribution is 2.49. The summed E-state index contributed by atoms with van der Waals surface area (Å²) in [4.78, 5) is 24.9. The van der Waals surface area contributed by atoms with E-state index in [4.69, 9.17) is 9.26 Å². The highest BCUT2D eigenvalue weighted by atomic mass is 16.5. The maximum absolute atomic E-state index is 13.2. The van der Waals surface area contributed by atoms with Crippen LogP contribution in [0.5, 0.6) is 0 Å². The predicted octanol–water partition coefficient (Wildman–Crippen LogP) is 4.20. The van der Waals surface area contributed by atoms with Crippen molar-refractivity contribution in [2.75, 3.05) is 0 Å². The maximum atomic E-state index is 13.2. The Balaban J connectivity index is 2.00. The lowest BCUT2D eigenvalue weighted by Crippen LogP contribution is -2.49. The first-order valence-corrected chi connectivity index (χ1v) is 10.1. The molecule has 1 fully saturated rings. The predicted molar refractivity (Wildman–Crippen MR) is 106 cm³/mol. The smallest absolute Gasteiger partial charge is 0.458 e. The van der Waals surface area contributed by atoms with Gasteiger partial charge in [-0.05, 0) is 36.5 Å². The number of nitrogens with zero attached hydrogens (tertiary/aromatic N) is 2. The van der Waals surface area contributed by atoms with Crippen molar-refractivity contribution in [3.63, 3.8) is 0 Å². The number of aryl methyl sites for hydroxylation is 1. The van der Waals surface area contributed by atoms with E-state index in [0.29, 0.717) is 11.6 Å². The summed E-state index contributed by atoms with van der Waals surface area (Å²) < 4.78 is 12.0. The van der Waals surface area contributed by atoms with Gasteiger partial charge in [-0.25, -0.2) is 9.59 Å². The number of ether oxygens (including phenoxy) is 1. The Hall–Kier alpha value is -2.05. The molecule has 2 unspecified atom stereocenters. The van der Waals surface area contributed by atoms with Gasteiger partial charge in [0, 0.05) is 11.8 Å². The molecule has 0 saturated heterocycles. The van der Waals surface area contributed by atoms with Crippen molar-refractivity contribution < 1.29 is 14.1 Å². The SMILES string of the molecule is Cc1nn2c(=O)o[nH]c2c1C(=O)OC1C(C(C)(C)C)CC(C)CC1C(C)(C)C. The summed E-state index contributed by atoms with van der Waals surface area (Å²) in [7, 11) is 0. The Morgan fingerprint density at radius 3 is 2.18 bits per heavy atom. The Morgan fingerprint density at radius 2 is 1.68 bits per heavy atom. The molecule has 7 nitrogen and oxygen atoms in total. The third-order valence-electron chi connectivity index (χ3n) is 6.25. The lowest BCUT2D eigenvalue weighted by atomic mass is 9.59. The normalized spacial score (nSPS) is 26.6. The molecule has 2 heterocycles. The summed E-state index contributed by atoms with van der Waals surface area (Å²) >= 11 is 0. The molecular weight excluding hydrogens is 358 g/mol. The van der Waals surface area contributed by atoms with Crippen LogP contribution in [-0.2, 0) is 4.74 Å². The third-order valence-corrected chi connectivity index (χ3v) is 6.25. The van der Waals surface area contributed by atoms with E-state index in [2.05, 4.69) is 58.7 Å². The minimum atomic E-state index is -0.649. The van der Waals surface area contributed by atoms with E-state index in [1.165, 1.54) is 0 Å². The summed E-state index contributed by atoms with van der Waals surface area (Å²) in [6.45, 7) is 17.3. The first-order valence-electron chi connectivity index (χ1n) is 10.1. The summed E-state index contributed by atoms with van der Waals surface area (Å²) in [5.41, 5.74) is 0.987. The second kappa shape index (κ2) is 6.78. The van der Waals surface area contributed by atoms with Crippen molar-refractivity contribution >= 4 is 11.6 Å². The fraction of sp³-hybridized carbons (Fsp3) is 0.762. The summed E-state index contributed by atoms with van der Waals surface area (Å²) in [5.74, 6) is -0.0204. The summed E-state index contributed by atoms with van der Waals surface area (Å²) in [5, 5.41) is 6.61. The number of hydrogen-bond acceptors (Lipinski definition) is 5. The number of carbonyl (C=O) groups excluding carboxylic acids is 1. The van der Waals surface area contributed by atoms with Crippen LogP contribution in [0.25, 0.3) is 5.65 Å². The minimum absolute atomic E-state index is 0.0104. The summed E-state index contributed by atoms with van der Waals surface area (Å²) in [6.07, 6.45) is 1.86. The van der Waals surface area contributed by atoms with Crippen LogP contribution in [0.4, 0.5) is 0 Å². The zero-order valence-corrected chi connectivity index (χ0v) is 18.3. The Morgan fingerprint density at radius 1 is 1.14 bits per heavy atom. The van der Waals surface area contributed by atoms with Crippen LogP contribution < -0.4 is 5.76 Å². The fourth-order valence-electron chi connectivity index (χ4n) is 4.68. The van der Waals surface area contributed by atoms with Gasteiger partial charge in [-0.15, -0.1) is 4.52 Å². The van der Waals surface area contributed by atoms with E-state index in [0.717, 1.165) is 17.4 Å². The number of fused-ring (bicyclic) bond motifs is 1. The molecule has 0 amide bonds. The number of aromatic amines is 1. The molecule has 156 valence electrons. The zero-order chi connectivity index (χ0) is 21.0. The number of esters is 1. The number of carbonyl (C=O) groups is 1. The topological polar surface area (TPSA) is 89.6 Å². The van der Waals surface area contributed by atoms with Crippen LogP contribution in [0.3, 0.4) is 0 Å². The molecule has 3 rings (SSSR count). The molecule has 1 N–H and O–H groups in total. The monoisotopic (exact) mass is 391 g/mol. The second-order valence-corrected chi connectivity index (χ2v) is 10.6. The molecule has 1 aliphatic carbocycles. The quantitative estimate of drug-likeness (QED) is 0.775. The minimum Gasteiger partial charge on any atom is -0.458 e. The Kier molecular flexibility index (Phi) is 5.01. The van der Waals surface area contributed by atoms with Crippen molar-refractivity contribution in [2.45, 2.75) is 74.3 Å². The molecular formula is C21H33N3O4. The van der Waals surface area contributed by atoms with E-state index in [1.54, 1.807) is 6.92 Å². The second-order valence-electron chi connectivity index (χ2n) is 10.6. The summed E-state index contributed by atoms with van der Waals surface area (Å²) in [6, 6.07) is 0. The van der Waals surface area contributed by atoms with E-state index in [-0.39, 0.29) is 40.0 Å². The number of rotatable bonds is 2. The van der Waals surface area contributed by atoms with E-state index in [1.807, 2.05) is 0 Å². The molecule has 7 heteroatoms. The lowest BCUT2D eigenvalue weighted by Gasteiger charge is -2.50. The number of hydrogen-bond donors (Lipinski definition) is 1. The van der Waals surface area contributed by atoms with Crippen LogP contribution in [0.1, 0.15) is 77.4 Å². The van der Waals surface area contributed by atoms with E-state index >= 15 is 0 Å². The van der Waals surface area contributed by atoms with Crippen LogP contribution in [0, 0.1) is 35.5 Å². The van der Waals surface area contributed by atoms with Crippen molar-refractivity contribution in [2.24, 2.45) is 28.6 Å². The van der Waals surface area contributed by atoms with Crippen molar-refractivity contribution in [1.82, 2.24) is 14.8 Å². The van der Waals surface area contributed by atoms with Crippen LogP contribution in [-0.4, -0.2) is 26.8 Å². The molecule has 2 aromatic heterocycles. The standard InChI is InChI=1S/C21H33N3O4/c1-11-9-13(20(3,4)5)16(14(10-11)21(6,7)8)27-18(25)15-12(2)22-24-17(15)23-28-19(24)26/h11,13-14,16,23H,9-10H2,1-8H3. The first-order chi connectivity index (χ1) is 12.8. The lowest BCUT2D eigenvalue weighted by molar-refractivity contribution is -0.0923. The van der Waals surface area contributed by atoms with E-state index < -0.39 is 11.7 Å². The number of H-pyrrole nitrogens is 1. The van der Waals surface area contributed by atoms with Gasteiger partial charge in [-0.3, -0.25) is 0 Å². The van der Waals surface area contributed by atoms with Gasteiger partial charge >= 0.3 is 11.7 Å². The third kappa shape index (κ3) is 3.63. The molecule has 2 atom stereocenters. The molecule has 1 aliphatic rings. The fourth-order valence-corrected chi connectivity index (χ4v) is 4.68. The maximum Gasteiger partial charge on any atom is 0.461 e. The van der Waals surface area contributed by atoms with Gasteiger partial charge in [0.25, 0.3) is 0 Å². The molecule has 0 aliphatic heterocycles. The van der Waals surface area contributed by atoms with Crippen LogP contribution in [0.15, 0.2) is 9.32 Å². The molecule has 0 aromatic carbocycles. The van der Waals surface area contributed by atoms with E-state index in [9.17, 15) is 9.59 Å². The Labute approximate surface area is 165 Å². The first kappa shape index (κ1) is 20.7. The van der Waals surface area contributed by atoms with Gasteiger partial charge in [0.05, 0.1) is 5.69 Å². The highest BCUT2D eigenvalue weighted by molar-refractivity contribution is 5.97. The van der Waals surface area contributed by atoms with Crippen molar-refractivity contribution in [3.8, 4) is 0 Å². The van der Waals surface area contributed by atoms with Crippen molar-refractivity contribution in [1.29, 1.82) is 0 Å². The largest absolute Gasteiger partial charge is 0.461 e. The molecule has 0 radical (unpaired) electrons. The highest BCUT2D eigenvalue weighted by Gasteiger charge is 2.48. The number of aromatic nitrogens is 3. The van der Waals surface area contributed by atoms with Gasteiger partial charge in [0.1, 0.15) is 11.7 Å². The van der Waals surface area contributed by atoms with Gasteiger partial charge in [0.2, 0.25) is 0 Å². The van der Waals surface area contributed by atoms with Crippen LogP contribution in [0.2, 0.25) is 0 Å². The number of nitrogens with one attached hydrogen (secondary N) is 1. The molecule has 0 bridgehead atoms. The molecule has 1 saturated carbocycles. The zero-order valence-electron chi connectivity index (χ0n) is 18.3. The van der Waals surface area contributed by atoms with Gasteiger partial charge in [-0.1, -0.05) is 48.5 Å². The average Bonchev–Trinajstić information content (AvgIpc) is 3.05. The average molecular weight is 392 g/mol. The molecule has 0 spiro atoms. The molecule has 2 aromatic rings. The van der Waals surface area contributed by atoms with Crippen molar-refractivity contribution in [3.05, 3.63) is 21.8 Å². The molecule has 28 heavy (non-hydrogen) atoms. The van der Waals surface area contributed by atoms with Gasteiger partial charge in [-0.2, -0.15) is 10.3 Å². The van der Waals surface area contributed by atoms with Gasteiger partial charge in [0.15, 0.2) is 5.65 Å². The van der Waals surface area contributed by atoms with Gasteiger partial charge < -0.3 is 9.26 Å². The van der Waals surface area contributed by atoms with Crippen LogP contribution >= 0.6 is 0 Å².